The largest absolute Gasteiger partial charge is 0.464 e. The predicted octanol–water partition coefficient (Wildman–Crippen LogP) is 2.42. The van der Waals surface area contributed by atoms with Crippen LogP contribution in [0, 0.1) is 0 Å². The fourth-order valence-electron chi connectivity index (χ4n) is 2.14. The summed E-state index contributed by atoms with van der Waals surface area (Å²) in [6, 6.07) is 9.04. The van der Waals surface area contributed by atoms with Crippen molar-refractivity contribution in [2.24, 2.45) is 0 Å². The number of alkyl halides is 1. The smallest absolute Gasteiger partial charge is 0.360 e. The van der Waals surface area contributed by atoms with Gasteiger partial charge in [0.15, 0.2) is 5.69 Å². The lowest BCUT2D eigenvalue weighted by Gasteiger charge is -2.23. The Labute approximate surface area is 150 Å². The predicted molar refractivity (Wildman–Crippen MR) is 90.2 cm³/mol. The Hall–Kier alpha value is -2.38. The molecule has 25 heavy (non-hydrogen) atoms. The lowest BCUT2D eigenvalue weighted by atomic mass is 10.1. The van der Waals surface area contributed by atoms with Gasteiger partial charge in [-0.1, -0.05) is 30.3 Å². The van der Waals surface area contributed by atoms with Crippen LogP contribution in [0.25, 0.3) is 0 Å². The number of esters is 1. The molecule has 2 rings (SSSR count). The standard InChI is InChI=1S/C17H19ClN2O5/c1-23-9-8-20(10-14-19-13(11-25-14)17(22)24-2)16(21)15(18)12-6-4-3-5-7-12/h3-7,11,15H,8-10H2,1-2H3/t15-/m0/s1. The highest BCUT2D eigenvalue weighted by Gasteiger charge is 2.25. The van der Waals surface area contributed by atoms with E-state index in [4.69, 9.17) is 20.8 Å². The third kappa shape index (κ3) is 5.04. The molecule has 0 fully saturated rings. The van der Waals surface area contributed by atoms with E-state index < -0.39 is 11.3 Å². The van der Waals surface area contributed by atoms with E-state index in [1.54, 1.807) is 19.2 Å². The number of aromatic nitrogens is 1. The van der Waals surface area contributed by atoms with Gasteiger partial charge in [-0.3, -0.25) is 4.79 Å². The Morgan fingerprint density at radius 1 is 1.28 bits per heavy atom. The summed E-state index contributed by atoms with van der Waals surface area (Å²) in [6.45, 7) is 0.700. The van der Waals surface area contributed by atoms with Crippen LogP contribution in [0.3, 0.4) is 0 Å². The number of amides is 1. The van der Waals surface area contributed by atoms with Crippen molar-refractivity contribution in [3.8, 4) is 0 Å². The first kappa shape index (κ1) is 19.0. The number of benzene rings is 1. The van der Waals surface area contributed by atoms with Gasteiger partial charge in [-0.2, -0.15) is 0 Å². The Balaban J connectivity index is 2.13. The quantitative estimate of drug-likeness (QED) is 0.527. The lowest BCUT2D eigenvalue weighted by Crippen LogP contribution is -2.35. The van der Waals surface area contributed by atoms with E-state index in [1.165, 1.54) is 18.3 Å². The van der Waals surface area contributed by atoms with E-state index in [9.17, 15) is 9.59 Å². The molecule has 0 radical (unpaired) electrons. The molecule has 0 aliphatic rings. The van der Waals surface area contributed by atoms with Crippen molar-refractivity contribution in [1.29, 1.82) is 0 Å². The van der Waals surface area contributed by atoms with Crippen LogP contribution in [0.1, 0.15) is 27.3 Å². The van der Waals surface area contributed by atoms with Crippen LogP contribution in [0.4, 0.5) is 0 Å². The first-order valence-electron chi connectivity index (χ1n) is 7.56. The van der Waals surface area contributed by atoms with Crippen molar-refractivity contribution >= 4 is 23.5 Å². The van der Waals surface area contributed by atoms with E-state index in [-0.39, 0.29) is 24.0 Å². The number of halogens is 1. The van der Waals surface area contributed by atoms with Gasteiger partial charge in [0.2, 0.25) is 11.8 Å². The van der Waals surface area contributed by atoms with Crippen molar-refractivity contribution in [2.75, 3.05) is 27.4 Å². The number of hydrogen-bond donors (Lipinski definition) is 0. The molecule has 0 bridgehead atoms. The van der Waals surface area contributed by atoms with Gasteiger partial charge >= 0.3 is 5.97 Å². The third-order valence-corrected chi connectivity index (χ3v) is 3.90. The summed E-state index contributed by atoms with van der Waals surface area (Å²) in [5.41, 5.74) is 0.737. The maximum absolute atomic E-state index is 12.7. The molecular formula is C17H19ClN2O5. The highest BCUT2D eigenvalue weighted by Crippen LogP contribution is 2.23. The minimum absolute atomic E-state index is 0.0436. The number of rotatable bonds is 8. The molecule has 134 valence electrons. The number of carbonyl (C=O) groups excluding carboxylic acids is 2. The van der Waals surface area contributed by atoms with E-state index in [0.29, 0.717) is 18.7 Å². The second kappa shape index (κ2) is 9.19. The summed E-state index contributed by atoms with van der Waals surface area (Å²) in [7, 11) is 2.79. The second-order valence-corrected chi connectivity index (χ2v) is 5.58. The molecule has 1 aromatic carbocycles. The SMILES string of the molecule is COCCN(Cc1nc(C(=O)OC)co1)C(=O)[C@@H](Cl)c1ccccc1. The highest BCUT2D eigenvalue weighted by atomic mass is 35.5. The minimum atomic E-state index is -0.840. The van der Waals surface area contributed by atoms with Crippen LogP contribution in [-0.2, 0) is 20.8 Å². The van der Waals surface area contributed by atoms with Gasteiger partial charge in [-0.15, -0.1) is 11.6 Å². The molecule has 0 saturated heterocycles. The van der Waals surface area contributed by atoms with Crippen molar-refractivity contribution in [3.05, 3.63) is 53.7 Å². The van der Waals surface area contributed by atoms with Gasteiger partial charge in [0.1, 0.15) is 11.6 Å². The molecule has 0 aliphatic carbocycles. The summed E-state index contributed by atoms with van der Waals surface area (Å²) in [5, 5.41) is -0.840. The first-order chi connectivity index (χ1) is 12.1. The number of carbonyl (C=O) groups is 2. The van der Waals surface area contributed by atoms with Gasteiger partial charge < -0.3 is 18.8 Å². The van der Waals surface area contributed by atoms with Crippen LogP contribution in [0.5, 0.6) is 0 Å². The monoisotopic (exact) mass is 366 g/mol. The van der Waals surface area contributed by atoms with Gasteiger partial charge in [-0.05, 0) is 5.56 Å². The molecule has 7 nitrogen and oxygen atoms in total. The van der Waals surface area contributed by atoms with Crippen molar-refractivity contribution in [2.45, 2.75) is 11.9 Å². The van der Waals surface area contributed by atoms with E-state index >= 15 is 0 Å². The average molecular weight is 367 g/mol. The molecule has 0 saturated carbocycles. The van der Waals surface area contributed by atoms with E-state index in [0.717, 1.165) is 0 Å². The number of nitrogens with zero attached hydrogens (tertiary/aromatic N) is 2. The maximum atomic E-state index is 12.7. The molecular weight excluding hydrogens is 348 g/mol. The number of oxazole rings is 1. The molecule has 1 aromatic heterocycles. The molecule has 2 aromatic rings. The molecule has 0 spiro atoms. The number of methoxy groups -OCH3 is 2. The molecule has 0 unspecified atom stereocenters. The zero-order chi connectivity index (χ0) is 18.2. The molecule has 0 aliphatic heterocycles. The Morgan fingerprint density at radius 3 is 2.64 bits per heavy atom. The van der Waals surface area contributed by atoms with Gasteiger partial charge in [0.05, 0.1) is 20.3 Å². The zero-order valence-corrected chi connectivity index (χ0v) is 14.7. The normalized spacial score (nSPS) is 11.8. The topological polar surface area (TPSA) is 81.9 Å². The van der Waals surface area contributed by atoms with Crippen LogP contribution in [0.15, 0.2) is 41.0 Å². The average Bonchev–Trinajstić information content (AvgIpc) is 3.12. The van der Waals surface area contributed by atoms with E-state index in [2.05, 4.69) is 9.72 Å². The Kier molecular flexibility index (Phi) is 6.97. The molecule has 1 amide bonds. The van der Waals surface area contributed by atoms with Crippen molar-refractivity contribution in [1.82, 2.24) is 9.88 Å². The third-order valence-electron chi connectivity index (χ3n) is 3.46. The fraction of sp³-hybridized carbons (Fsp3) is 0.353. The Bertz CT molecular complexity index is 704. The van der Waals surface area contributed by atoms with Crippen LogP contribution in [0.2, 0.25) is 0 Å². The molecule has 1 heterocycles. The minimum Gasteiger partial charge on any atom is -0.464 e. The maximum Gasteiger partial charge on any atom is 0.360 e. The first-order valence-corrected chi connectivity index (χ1v) is 8.00. The Morgan fingerprint density at radius 2 is 2.00 bits per heavy atom. The highest BCUT2D eigenvalue weighted by molar-refractivity contribution is 6.30. The summed E-state index contributed by atoms with van der Waals surface area (Å²) < 4.78 is 14.9. The van der Waals surface area contributed by atoms with E-state index in [1.807, 2.05) is 18.2 Å². The fourth-order valence-corrected chi connectivity index (χ4v) is 2.42. The molecule has 0 N–H and O–H groups in total. The van der Waals surface area contributed by atoms with Crippen molar-refractivity contribution in [3.63, 3.8) is 0 Å². The summed E-state index contributed by atoms with van der Waals surface area (Å²) >= 11 is 6.32. The number of ether oxygens (including phenoxy) is 2. The summed E-state index contributed by atoms with van der Waals surface area (Å²) in [4.78, 5) is 29.7. The van der Waals surface area contributed by atoms with Crippen LogP contribution >= 0.6 is 11.6 Å². The van der Waals surface area contributed by atoms with Gasteiger partial charge in [0, 0.05) is 13.7 Å². The molecule has 8 heteroatoms. The second-order valence-electron chi connectivity index (χ2n) is 5.14. The lowest BCUT2D eigenvalue weighted by molar-refractivity contribution is -0.132. The number of hydrogen-bond acceptors (Lipinski definition) is 6. The van der Waals surface area contributed by atoms with Gasteiger partial charge in [-0.25, -0.2) is 9.78 Å². The van der Waals surface area contributed by atoms with Crippen LogP contribution in [-0.4, -0.2) is 49.1 Å². The van der Waals surface area contributed by atoms with Crippen LogP contribution < -0.4 is 0 Å². The molecule has 1 atom stereocenters. The summed E-state index contributed by atoms with van der Waals surface area (Å²) in [5.74, 6) is -0.700. The zero-order valence-electron chi connectivity index (χ0n) is 14.0. The van der Waals surface area contributed by atoms with Crippen molar-refractivity contribution < 1.29 is 23.5 Å². The van der Waals surface area contributed by atoms with Gasteiger partial charge in [0.25, 0.3) is 0 Å². The summed E-state index contributed by atoms with van der Waals surface area (Å²) in [6.07, 6.45) is 1.19.